The minimum atomic E-state index is 0.592. The summed E-state index contributed by atoms with van der Waals surface area (Å²) in [7, 11) is 0. The third-order valence-electron chi connectivity index (χ3n) is 2.00. The Bertz CT molecular complexity index is 453. The van der Waals surface area contributed by atoms with Gasteiger partial charge in [0.05, 0.1) is 0 Å². The third-order valence-corrected chi connectivity index (χ3v) is 3.12. The summed E-state index contributed by atoms with van der Waals surface area (Å²) in [5, 5.41) is 0.851. The maximum absolute atomic E-state index is 5.59. The van der Waals surface area contributed by atoms with Crippen molar-refractivity contribution >= 4 is 31.9 Å². The lowest BCUT2D eigenvalue weighted by Crippen LogP contribution is -1.87. The van der Waals surface area contributed by atoms with Crippen molar-refractivity contribution < 1.29 is 4.74 Å². The van der Waals surface area contributed by atoms with Gasteiger partial charge in [0.2, 0.25) is 5.88 Å². The number of rotatable bonds is 3. The molecule has 2 aromatic rings. The molecular formula is C12H9Br2NO. The molecule has 0 radical (unpaired) electrons. The summed E-state index contributed by atoms with van der Waals surface area (Å²) in [5.74, 6) is 1.38. The summed E-state index contributed by atoms with van der Waals surface area (Å²) in [6.07, 6.45) is 1.71. The highest BCUT2D eigenvalue weighted by molar-refractivity contribution is 9.10. The summed E-state index contributed by atoms with van der Waals surface area (Å²) < 4.78 is 6.52. The fourth-order valence-corrected chi connectivity index (χ4v) is 1.80. The molecule has 0 aliphatic rings. The molecule has 0 aliphatic carbocycles. The molecular weight excluding hydrogens is 334 g/mol. The predicted molar refractivity (Wildman–Crippen MR) is 71.1 cm³/mol. The van der Waals surface area contributed by atoms with Gasteiger partial charge in [-0.2, -0.15) is 0 Å². The van der Waals surface area contributed by atoms with Crippen LogP contribution < -0.4 is 4.74 Å². The van der Waals surface area contributed by atoms with Crippen LogP contribution in [0.3, 0.4) is 0 Å². The van der Waals surface area contributed by atoms with Gasteiger partial charge in [0, 0.05) is 22.1 Å². The second-order valence-corrected chi connectivity index (χ2v) is 4.67. The largest absolute Gasteiger partial charge is 0.439 e. The van der Waals surface area contributed by atoms with Gasteiger partial charge in [-0.25, -0.2) is 4.98 Å². The fraction of sp³-hybridized carbons (Fsp3) is 0.0833. The summed E-state index contributed by atoms with van der Waals surface area (Å²) in [4.78, 5) is 4.14. The first-order valence-electron chi connectivity index (χ1n) is 4.72. The average Bonchev–Trinajstić information content (AvgIpc) is 2.33. The third kappa shape index (κ3) is 3.06. The Balaban J connectivity index is 2.11. The van der Waals surface area contributed by atoms with Gasteiger partial charge in [0.25, 0.3) is 0 Å². The Morgan fingerprint density at radius 2 is 1.81 bits per heavy atom. The standard InChI is InChI=1S/C12H9Br2NO/c13-7-9-1-4-11(5-2-9)16-12-6-3-10(14)8-15-12/h1-6,8H,7H2. The quantitative estimate of drug-likeness (QED) is 0.764. The lowest BCUT2D eigenvalue weighted by Gasteiger charge is -2.04. The van der Waals surface area contributed by atoms with E-state index in [0.717, 1.165) is 15.6 Å². The molecule has 82 valence electrons. The molecule has 1 aromatic carbocycles. The van der Waals surface area contributed by atoms with Crippen LogP contribution in [0.5, 0.6) is 11.6 Å². The molecule has 0 saturated carbocycles. The topological polar surface area (TPSA) is 22.1 Å². The number of nitrogens with zero attached hydrogens (tertiary/aromatic N) is 1. The Labute approximate surface area is 111 Å². The van der Waals surface area contributed by atoms with Gasteiger partial charge in [-0.3, -0.25) is 0 Å². The zero-order valence-corrected chi connectivity index (χ0v) is 11.5. The number of pyridine rings is 1. The average molecular weight is 343 g/mol. The molecule has 4 heteroatoms. The van der Waals surface area contributed by atoms with Crippen molar-refractivity contribution in [2.45, 2.75) is 5.33 Å². The Kier molecular flexibility index (Phi) is 3.96. The molecule has 0 fully saturated rings. The van der Waals surface area contributed by atoms with Gasteiger partial charge in [0.1, 0.15) is 5.75 Å². The number of ether oxygens (including phenoxy) is 1. The zero-order chi connectivity index (χ0) is 11.4. The number of alkyl halides is 1. The maximum atomic E-state index is 5.59. The highest BCUT2D eigenvalue weighted by atomic mass is 79.9. The fourth-order valence-electron chi connectivity index (χ4n) is 1.19. The molecule has 0 bridgehead atoms. The predicted octanol–water partition coefficient (Wildman–Crippen LogP) is 4.53. The minimum absolute atomic E-state index is 0.592. The van der Waals surface area contributed by atoms with Gasteiger partial charge in [0.15, 0.2) is 0 Å². The lowest BCUT2D eigenvalue weighted by molar-refractivity contribution is 0.462. The van der Waals surface area contributed by atoms with Crippen molar-refractivity contribution in [3.8, 4) is 11.6 Å². The Morgan fingerprint density at radius 3 is 2.38 bits per heavy atom. The van der Waals surface area contributed by atoms with E-state index in [4.69, 9.17) is 4.74 Å². The van der Waals surface area contributed by atoms with Crippen LogP contribution in [-0.4, -0.2) is 4.98 Å². The van der Waals surface area contributed by atoms with E-state index in [1.165, 1.54) is 5.56 Å². The molecule has 1 heterocycles. The first kappa shape index (κ1) is 11.6. The summed E-state index contributed by atoms with van der Waals surface area (Å²) >= 11 is 6.72. The Morgan fingerprint density at radius 1 is 1.06 bits per heavy atom. The van der Waals surface area contributed by atoms with E-state index in [0.29, 0.717) is 5.88 Å². The van der Waals surface area contributed by atoms with E-state index < -0.39 is 0 Å². The maximum Gasteiger partial charge on any atom is 0.219 e. The van der Waals surface area contributed by atoms with Crippen molar-refractivity contribution in [2.24, 2.45) is 0 Å². The number of halogens is 2. The highest BCUT2D eigenvalue weighted by Gasteiger charge is 1.98. The molecule has 0 aliphatic heterocycles. The first-order chi connectivity index (χ1) is 7.78. The molecule has 16 heavy (non-hydrogen) atoms. The van der Waals surface area contributed by atoms with Crippen molar-refractivity contribution in [1.29, 1.82) is 0 Å². The molecule has 0 saturated heterocycles. The van der Waals surface area contributed by atoms with Gasteiger partial charge in [-0.15, -0.1) is 0 Å². The lowest BCUT2D eigenvalue weighted by atomic mass is 10.2. The number of benzene rings is 1. The van der Waals surface area contributed by atoms with Crippen molar-refractivity contribution in [3.63, 3.8) is 0 Å². The molecule has 0 spiro atoms. The molecule has 0 N–H and O–H groups in total. The second-order valence-electron chi connectivity index (χ2n) is 3.19. The van der Waals surface area contributed by atoms with Crippen molar-refractivity contribution in [2.75, 3.05) is 0 Å². The van der Waals surface area contributed by atoms with Crippen molar-refractivity contribution in [3.05, 3.63) is 52.6 Å². The van der Waals surface area contributed by atoms with E-state index in [2.05, 4.69) is 36.8 Å². The van der Waals surface area contributed by atoms with Crippen LogP contribution in [0.25, 0.3) is 0 Å². The normalized spacial score (nSPS) is 10.1. The summed E-state index contributed by atoms with van der Waals surface area (Å²) in [5.41, 5.74) is 1.22. The molecule has 0 unspecified atom stereocenters. The van der Waals surface area contributed by atoms with Crippen LogP contribution in [0.15, 0.2) is 47.1 Å². The van der Waals surface area contributed by atoms with Crippen LogP contribution in [0.2, 0.25) is 0 Å². The van der Waals surface area contributed by atoms with Crippen LogP contribution in [-0.2, 0) is 5.33 Å². The molecule has 2 nitrogen and oxygen atoms in total. The minimum Gasteiger partial charge on any atom is -0.439 e. The van der Waals surface area contributed by atoms with E-state index in [1.807, 2.05) is 36.4 Å². The highest BCUT2D eigenvalue weighted by Crippen LogP contribution is 2.21. The van der Waals surface area contributed by atoms with Gasteiger partial charge in [-0.05, 0) is 39.7 Å². The van der Waals surface area contributed by atoms with Crippen LogP contribution in [0, 0.1) is 0 Å². The van der Waals surface area contributed by atoms with Crippen LogP contribution in [0.4, 0.5) is 0 Å². The summed E-state index contributed by atoms with van der Waals surface area (Å²) in [6, 6.07) is 11.6. The van der Waals surface area contributed by atoms with E-state index >= 15 is 0 Å². The zero-order valence-electron chi connectivity index (χ0n) is 8.36. The smallest absolute Gasteiger partial charge is 0.219 e. The van der Waals surface area contributed by atoms with Gasteiger partial charge < -0.3 is 4.74 Å². The molecule has 2 rings (SSSR count). The monoisotopic (exact) mass is 341 g/mol. The number of hydrogen-bond acceptors (Lipinski definition) is 2. The van der Waals surface area contributed by atoms with Gasteiger partial charge in [-0.1, -0.05) is 28.1 Å². The van der Waals surface area contributed by atoms with Gasteiger partial charge >= 0.3 is 0 Å². The van der Waals surface area contributed by atoms with E-state index in [1.54, 1.807) is 6.20 Å². The Hall–Kier alpha value is -0.870. The number of aromatic nitrogens is 1. The number of hydrogen-bond donors (Lipinski definition) is 0. The first-order valence-corrected chi connectivity index (χ1v) is 6.64. The van der Waals surface area contributed by atoms with Crippen LogP contribution in [0.1, 0.15) is 5.56 Å². The summed E-state index contributed by atoms with van der Waals surface area (Å²) in [6.45, 7) is 0. The molecule has 0 atom stereocenters. The van der Waals surface area contributed by atoms with Crippen LogP contribution >= 0.6 is 31.9 Å². The SMILES string of the molecule is BrCc1ccc(Oc2ccc(Br)cn2)cc1. The molecule has 0 amide bonds. The second kappa shape index (κ2) is 5.46. The van der Waals surface area contributed by atoms with Crippen molar-refractivity contribution in [1.82, 2.24) is 4.98 Å². The van der Waals surface area contributed by atoms with E-state index in [-0.39, 0.29) is 0 Å². The van der Waals surface area contributed by atoms with E-state index in [9.17, 15) is 0 Å². The molecule has 1 aromatic heterocycles.